The average Bonchev–Trinajstić information content (AvgIpc) is 2.59. The van der Waals surface area contributed by atoms with Gasteiger partial charge in [0.2, 0.25) is 0 Å². The highest BCUT2D eigenvalue weighted by Crippen LogP contribution is 2.14. The standard InChI is InChI=1S/C21H24OS/c1-3-5-17-6-11-19(12-7-17)21(23)15-10-18-8-13-20(14-9-18)22-16-4-2/h6-15H,3-5,16H2,1-2H3. The smallest absolute Gasteiger partial charge is 0.119 e. The van der Waals surface area contributed by atoms with Gasteiger partial charge in [-0.3, -0.25) is 0 Å². The van der Waals surface area contributed by atoms with E-state index in [2.05, 4.69) is 50.2 Å². The number of aryl methyl sites for hydroxylation is 1. The van der Waals surface area contributed by atoms with Gasteiger partial charge in [-0.05, 0) is 47.7 Å². The molecule has 0 aliphatic heterocycles. The molecule has 2 rings (SSSR count). The average molecular weight is 324 g/mol. The van der Waals surface area contributed by atoms with E-state index in [-0.39, 0.29) is 0 Å². The zero-order chi connectivity index (χ0) is 16.5. The minimum Gasteiger partial charge on any atom is -0.494 e. The molecule has 120 valence electrons. The van der Waals surface area contributed by atoms with E-state index in [4.69, 9.17) is 17.0 Å². The summed E-state index contributed by atoms with van der Waals surface area (Å²) in [5.74, 6) is 0.915. The van der Waals surface area contributed by atoms with Gasteiger partial charge in [0, 0.05) is 4.86 Å². The molecule has 0 aromatic heterocycles. The summed E-state index contributed by atoms with van der Waals surface area (Å²) in [6, 6.07) is 16.6. The highest BCUT2D eigenvalue weighted by atomic mass is 32.1. The molecule has 2 aromatic carbocycles. The Morgan fingerprint density at radius 2 is 1.65 bits per heavy atom. The lowest BCUT2D eigenvalue weighted by molar-refractivity contribution is 0.317. The van der Waals surface area contributed by atoms with Gasteiger partial charge < -0.3 is 4.74 Å². The minimum absolute atomic E-state index is 0.757. The van der Waals surface area contributed by atoms with Gasteiger partial charge in [-0.1, -0.05) is 75.0 Å². The van der Waals surface area contributed by atoms with Gasteiger partial charge in [-0.25, -0.2) is 0 Å². The number of rotatable bonds is 8. The van der Waals surface area contributed by atoms with E-state index in [9.17, 15) is 0 Å². The number of benzene rings is 2. The maximum absolute atomic E-state index is 5.59. The first-order chi connectivity index (χ1) is 11.2. The number of thiocarbonyl (C=S) groups is 1. The Labute approximate surface area is 145 Å². The molecule has 23 heavy (non-hydrogen) atoms. The van der Waals surface area contributed by atoms with Crippen molar-refractivity contribution >= 4 is 23.2 Å². The fourth-order valence-electron chi connectivity index (χ4n) is 2.29. The number of hydrogen-bond acceptors (Lipinski definition) is 2. The van der Waals surface area contributed by atoms with Crippen LogP contribution >= 0.6 is 12.2 Å². The molecular weight excluding hydrogens is 300 g/mol. The summed E-state index contributed by atoms with van der Waals surface area (Å²) < 4.78 is 5.59. The molecule has 0 spiro atoms. The van der Waals surface area contributed by atoms with Gasteiger partial charge in [-0.15, -0.1) is 0 Å². The van der Waals surface area contributed by atoms with E-state index in [1.54, 1.807) is 0 Å². The maximum atomic E-state index is 5.59. The van der Waals surface area contributed by atoms with Crippen LogP contribution in [0.5, 0.6) is 5.75 Å². The lowest BCUT2D eigenvalue weighted by Gasteiger charge is -2.04. The quantitative estimate of drug-likeness (QED) is 0.342. The molecule has 2 aromatic rings. The van der Waals surface area contributed by atoms with Crippen LogP contribution in [-0.4, -0.2) is 11.5 Å². The van der Waals surface area contributed by atoms with E-state index in [0.29, 0.717) is 0 Å². The summed E-state index contributed by atoms with van der Waals surface area (Å²) in [7, 11) is 0. The van der Waals surface area contributed by atoms with Crippen LogP contribution < -0.4 is 4.74 Å². The highest BCUT2D eigenvalue weighted by molar-refractivity contribution is 7.81. The number of allylic oxidation sites excluding steroid dienone is 1. The molecule has 0 fully saturated rings. The van der Waals surface area contributed by atoms with E-state index in [1.807, 2.05) is 24.3 Å². The van der Waals surface area contributed by atoms with E-state index in [0.717, 1.165) is 41.2 Å². The predicted octanol–water partition coefficient (Wildman–Crippen LogP) is 5.86. The van der Waals surface area contributed by atoms with Gasteiger partial charge in [-0.2, -0.15) is 0 Å². The van der Waals surface area contributed by atoms with Gasteiger partial charge in [0.15, 0.2) is 0 Å². The number of ether oxygens (including phenoxy) is 1. The maximum Gasteiger partial charge on any atom is 0.119 e. The van der Waals surface area contributed by atoms with Crippen molar-refractivity contribution in [1.29, 1.82) is 0 Å². The molecule has 0 aliphatic carbocycles. The topological polar surface area (TPSA) is 9.23 Å². The molecule has 0 heterocycles. The van der Waals surface area contributed by atoms with Crippen LogP contribution in [0.25, 0.3) is 6.08 Å². The van der Waals surface area contributed by atoms with Crippen LogP contribution in [-0.2, 0) is 6.42 Å². The molecule has 0 amide bonds. The Hall–Kier alpha value is -1.93. The predicted molar refractivity (Wildman–Crippen MR) is 103 cm³/mol. The molecule has 0 bridgehead atoms. The second-order valence-electron chi connectivity index (χ2n) is 5.56. The van der Waals surface area contributed by atoms with Crippen molar-refractivity contribution in [3.8, 4) is 5.75 Å². The summed E-state index contributed by atoms with van der Waals surface area (Å²) in [6.45, 7) is 5.06. The van der Waals surface area contributed by atoms with Crippen molar-refractivity contribution < 1.29 is 4.74 Å². The van der Waals surface area contributed by atoms with Gasteiger partial charge in [0.05, 0.1) is 6.61 Å². The molecule has 0 aliphatic rings. The Morgan fingerprint density at radius 1 is 0.957 bits per heavy atom. The van der Waals surface area contributed by atoms with Crippen LogP contribution in [0.1, 0.15) is 43.4 Å². The monoisotopic (exact) mass is 324 g/mol. The van der Waals surface area contributed by atoms with Crippen LogP contribution in [0.4, 0.5) is 0 Å². The molecule has 0 saturated carbocycles. The SMILES string of the molecule is CCCOc1ccc(C=CC(=S)c2ccc(CCC)cc2)cc1. The Balaban J connectivity index is 1.97. The van der Waals surface area contributed by atoms with Crippen molar-refractivity contribution in [1.82, 2.24) is 0 Å². The van der Waals surface area contributed by atoms with E-state index >= 15 is 0 Å². The van der Waals surface area contributed by atoms with Gasteiger partial charge >= 0.3 is 0 Å². The Bertz CT molecular complexity index is 639. The molecule has 0 saturated heterocycles. The fourth-order valence-corrected chi connectivity index (χ4v) is 2.49. The van der Waals surface area contributed by atoms with E-state index in [1.165, 1.54) is 12.0 Å². The summed E-state index contributed by atoms with van der Waals surface area (Å²) in [6.07, 6.45) is 7.35. The van der Waals surface area contributed by atoms with Crippen LogP contribution in [0.15, 0.2) is 54.6 Å². The molecule has 0 N–H and O–H groups in total. The lowest BCUT2D eigenvalue weighted by Crippen LogP contribution is -1.94. The first-order valence-electron chi connectivity index (χ1n) is 8.27. The summed E-state index contributed by atoms with van der Waals surface area (Å²) in [5.41, 5.74) is 3.59. The third-order valence-corrected chi connectivity index (χ3v) is 3.93. The Kier molecular flexibility index (Phi) is 7.02. The first kappa shape index (κ1) is 17.4. The zero-order valence-corrected chi connectivity index (χ0v) is 14.7. The Morgan fingerprint density at radius 3 is 2.26 bits per heavy atom. The minimum atomic E-state index is 0.757. The molecule has 1 nitrogen and oxygen atoms in total. The first-order valence-corrected chi connectivity index (χ1v) is 8.68. The summed E-state index contributed by atoms with van der Waals surface area (Å²) in [4.78, 5) is 0.861. The molecule has 0 unspecified atom stereocenters. The normalized spacial score (nSPS) is 10.9. The van der Waals surface area contributed by atoms with Crippen molar-refractivity contribution in [2.75, 3.05) is 6.61 Å². The van der Waals surface area contributed by atoms with Crippen molar-refractivity contribution in [2.45, 2.75) is 33.1 Å². The summed E-state index contributed by atoms with van der Waals surface area (Å²) >= 11 is 5.50. The molecule has 0 atom stereocenters. The van der Waals surface area contributed by atoms with E-state index < -0.39 is 0 Å². The lowest BCUT2D eigenvalue weighted by atomic mass is 10.1. The molecular formula is C21H24OS. The highest BCUT2D eigenvalue weighted by Gasteiger charge is 1.98. The second-order valence-corrected chi connectivity index (χ2v) is 6.00. The zero-order valence-electron chi connectivity index (χ0n) is 13.9. The van der Waals surface area contributed by atoms with Crippen LogP contribution in [0.2, 0.25) is 0 Å². The number of hydrogen-bond donors (Lipinski definition) is 0. The van der Waals surface area contributed by atoms with Crippen LogP contribution in [0.3, 0.4) is 0 Å². The third-order valence-electron chi connectivity index (χ3n) is 3.56. The van der Waals surface area contributed by atoms with Crippen molar-refractivity contribution in [3.63, 3.8) is 0 Å². The fraction of sp³-hybridized carbons (Fsp3) is 0.286. The van der Waals surface area contributed by atoms with Gasteiger partial charge in [0.1, 0.15) is 5.75 Å². The van der Waals surface area contributed by atoms with Crippen molar-refractivity contribution in [3.05, 3.63) is 71.3 Å². The van der Waals surface area contributed by atoms with Crippen molar-refractivity contribution in [2.24, 2.45) is 0 Å². The van der Waals surface area contributed by atoms with Gasteiger partial charge in [0.25, 0.3) is 0 Å². The third kappa shape index (κ3) is 5.65. The second kappa shape index (κ2) is 9.26. The molecule has 0 radical (unpaired) electrons. The summed E-state index contributed by atoms with van der Waals surface area (Å²) in [5, 5.41) is 0. The van der Waals surface area contributed by atoms with Crippen LogP contribution in [0, 0.1) is 0 Å². The molecule has 2 heteroatoms. The largest absolute Gasteiger partial charge is 0.494 e.